The van der Waals surface area contributed by atoms with Gasteiger partial charge in [0.05, 0.1) is 6.61 Å². The third kappa shape index (κ3) is 6.82. The minimum atomic E-state index is -2.79. The normalized spacial score (nSPS) is 12.7. The zero-order valence-electron chi connectivity index (χ0n) is 12.1. The van der Waals surface area contributed by atoms with E-state index in [1.54, 1.807) is 12.1 Å². The maximum Gasteiger partial charge on any atom is 0.387 e. The van der Waals surface area contributed by atoms with Crippen LogP contribution in [-0.4, -0.2) is 26.4 Å². The van der Waals surface area contributed by atoms with Crippen LogP contribution in [0.15, 0.2) is 24.3 Å². The molecular formula is C15H23F2NO2. The van der Waals surface area contributed by atoms with Crippen LogP contribution in [-0.2, 0) is 4.74 Å². The molecule has 0 bridgehead atoms. The molecule has 0 aliphatic carbocycles. The summed E-state index contributed by atoms with van der Waals surface area (Å²) in [4.78, 5) is 0. The molecule has 0 aliphatic heterocycles. The van der Waals surface area contributed by atoms with Crippen molar-refractivity contribution in [2.75, 3.05) is 19.8 Å². The highest BCUT2D eigenvalue weighted by Gasteiger charge is 2.08. The van der Waals surface area contributed by atoms with Crippen LogP contribution in [0, 0.1) is 0 Å². The predicted molar refractivity (Wildman–Crippen MR) is 75.2 cm³/mol. The summed E-state index contributed by atoms with van der Waals surface area (Å²) in [6.45, 7) is 3.47. The van der Waals surface area contributed by atoms with Gasteiger partial charge in [-0.3, -0.25) is 0 Å². The summed E-state index contributed by atoms with van der Waals surface area (Å²) < 4.78 is 34.1. The van der Waals surface area contributed by atoms with Crippen LogP contribution in [0.3, 0.4) is 0 Å². The summed E-state index contributed by atoms with van der Waals surface area (Å²) in [6, 6.07) is 6.81. The number of ether oxygens (including phenoxy) is 2. The molecule has 0 radical (unpaired) electrons. The van der Waals surface area contributed by atoms with Crippen molar-refractivity contribution in [1.82, 2.24) is 5.32 Å². The van der Waals surface area contributed by atoms with Gasteiger partial charge in [-0.05, 0) is 31.0 Å². The lowest BCUT2D eigenvalue weighted by molar-refractivity contribution is -0.0499. The first-order valence-corrected chi connectivity index (χ1v) is 6.99. The van der Waals surface area contributed by atoms with Gasteiger partial charge >= 0.3 is 6.61 Å². The Morgan fingerprint density at radius 1 is 1.25 bits per heavy atom. The average Bonchev–Trinajstić information content (AvgIpc) is 2.42. The molecule has 5 heteroatoms. The smallest absolute Gasteiger partial charge is 0.387 e. The van der Waals surface area contributed by atoms with E-state index in [4.69, 9.17) is 4.74 Å². The highest BCUT2D eigenvalue weighted by Crippen LogP contribution is 2.20. The quantitative estimate of drug-likeness (QED) is 0.665. The number of hydrogen-bond acceptors (Lipinski definition) is 3. The molecule has 0 fully saturated rings. The van der Waals surface area contributed by atoms with E-state index in [9.17, 15) is 8.78 Å². The van der Waals surface area contributed by atoms with Crippen LogP contribution >= 0.6 is 0 Å². The molecule has 1 N–H and O–H groups in total. The van der Waals surface area contributed by atoms with Gasteiger partial charge in [-0.1, -0.05) is 25.5 Å². The molecule has 1 aromatic rings. The molecule has 0 aliphatic rings. The average molecular weight is 287 g/mol. The number of nitrogens with one attached hydrogen (secondary N) is 1. The monoisotopic (exact) mass is 287 g/mol. The fourth-order valence-electron chi connectivity index (χ4n) is 1.77. The number of hydrogen-bond donors (Lipinski definition) is 1. The van der Waals surface area contributed by atoms with Crippen LogP contribution in [0.25, 0.3) is 0 Å². The Labute approximate surface area is 119 Å². The van der Waals surface area contributed by atoms with Crippen LogP contribution in [0.2, 0.25) is 0 Å². The lowest BCUT2D eigenvalue weighted by atomic mass is 10.1. The molecule has 114 valence electrons. The lowest BCUT2D eigenvalue weighted by Gasteiger charge is -2.15. The van der Waals surface area contributed by atoms with Gasteiger partial charge in [0.1, 0.15) is 5.75 Å². The van der Waals surface area contributed by atoms with E-state index in [2.05, 4.69) is 17.0 Å². The molecule has 0 spiro atoms. The van der Waals surface area contributed by atoms with Gasteiger partial charge in [-0.2, -0.15) is 8.78 Å². The summed E-state index contributed by atoms with van der Waals surface area (Å²) >= 11 is 0. The summed E-state index contributed by atoms with van der Waals surface area (Å²) in [5.74, 6) is 0.186. The third-order valence-corrected chi connectivity index (χ3v) is 2.92. The number of alkyl halides is 2. The highest BCUT2D eigenvalue weighted by atomic mass is 19.3. The molecule has 1 unspecified atom stereocenters. The molecular weight excluding hydrogens is 264 g/mol. The summed E-state index contributed by atoms with van der Waals surface area (Å²) in [6.07, 6.45) is 2.20. The van der Waals surface area contributed by atoms with Gasteiger partial charge in [-0.25, -0.2) is 0 Å². The molecule has 0 heterocycles. The number of rotatable bonds is 10. The SMILES string of the molecule is CCCCOCCNC(C)c1cccc(OC(F)F)c1. The topological polar surface area (TPSA) is 30.5 Å². The second kappa shape index (κ2) is 9.66. The van der Waals surface area contributed by atoms with E-state index >= 15 is 0 Å². The van der Waals surface area contributed by atoms with Crippen LogP contribution in [0.5, 0.6) is 5.75 Å². The van der Waals surface area contributed by atoms with Crippen molar-refractivity contribution in [2.24, 2.45) is 0 Å². The third-order valence-electron chi connectivity index (χ3n) is 2.92. The van der Waals surface area contributed by atoms with Crippen LogP contribution < -0.4 is 10.1 Å². The van der Waals surface area contributed by atoms with E-state index in [1.165, 1.54) is 6.07 Å². The highest BCUT2D eigenvalue weighted by molar-refractivity contribution is 5.30. The first-order valence-electron chi connectivity index (χ1n) is 6.99. The van der Waals surface area contributed by atoms with E-state index in [1.807, 2.05) is 13.0 Å². The van der Waals surface area contributed by atoms with Gasteiger partial charge in [0, 0.05) is 19.2 Å². The van der Waals surface area contributed by atoms with Crippen molar-refractivity contribution in [3.05, 3.63) is 29.8 Å². The fraction of sp³-hybridized carbons (Fsp3) is 0.600. The van der Waals surface area contributed by atoms with Gasteiger partial charge in [0.15, 0.2) is 0 Å². The Balaban J connectivity index is 2.33. The van der Waals surface area contributed by atoms with Crippen molar-refractivity contribution in [2.45, 2.75) is 39.3 Å². The second-order valence-electron chi connectivity index (χ2n) is 4.59. The maximum atomic E-state index is 12.1. The molecule has 1 atom stereocenters. The van der Waals surface area contributed by atoms with E-state index in [0.717, 1.165) is 31.6 Å². The van der Waals surface area contributed by atoms with E-state index < -0.39 is 6.61 Å². The first-order chi connectivity index (χ1) is 9.63. The van der Waals surface area contributed by atoms with Crippen molar-refractivity contribution in [1.29, 1.82) is 0 Å². The molecule has 0 amide bonds. The zero-order valence-corrected chi connectivity index (χ0v) is 12.1. The standard InChI is InChI=1S/C15H23F2NO2/c1-3-4-9-19-10-8-18-12(2)13-6-5-7-14(11-13)20-15(16)17/h5-7,11-12,15,18H,3-4,8-10H2,1-2H3. The minimum Gasteiger partial charge on any atom is -0.435 e. The van der Waals surface area contributed by atoms with E-state index in [0.29, 0.717) is 6.61 Å². The molecule has 0 saturated heterocycles. The minimum absolute atomic E-state index is 0.0611. The van der Waals surface area contributed by atoms with Gasteiger partial charge < -0.3 is 14.8 Å². The molecule has 0 aromatic heterocycles. The van der Waals surface area contributed by atoms with Gasteiger partial charge in [0.2, 0.25) is 0 Å². The Morgan fingerprint density at radius 2 is 2.05 bits per heavy atom. The number of halogens is 2. The fourth-order valence-corrected chi connectivity index (χ4v) is 1.77. The van der Waals surface area contributed by atoms with Gasteiger partial charge in [0.25, 0.3) is 0 Å². The molecule has 3 nitrogen and oxygen atoms in total. The molecule has 20 heavy (non-hydrogen) atoms. The largest absolute Gasteiger partial charge is 0.435 e. The summed E-state index contributed by atoms with van der Waals surface area (Å²) in [7, 11) is 0. The number of benzene rings is 1. The Kier molecular flexibility index (Phi) is 8.14. The van der Waals surface area contributed by atoms with Crippen molar-refractivity contribution in [3.8, 4) is 5.75 Å². The predicted octanol–water partition coefficient (Wildman–Crippen LogP) is 3.76. The molecule has 0 saturated carbocycles. The zero-order chi connectivity index (χ0) is 14.8. The summed E-state index contributed by atoms with van der Waals surface area (Å²) in [5, 5.41) is 3.29. The van der Waals surface area contributed by atoms with Crippen LogP contribution in [0.1, 0.15) is 38.3 Å². The Morgan fingerprint density at radius 3 is 2.75 bits per heavy atom. The van der Waals surface area contributed by atoms with Crippen molar-refractivity contribution < 1.29 is 18.3 Å². The molecule has 1 rings (SSSR count). The lowest BCUT2D eigenvalue weighted by Crippen LogP contribution is -2.23. The maximum absolute atomic E-state index is 12.1. The van der Waals surface area contributed by atoms with Crippen molar-refractivity contribution in [3.63, 3.8) is 0 Å². The summed E-state index contributed by atoms with van der Waals surface area (Å²) in [5.41, 5.74) is 0.914. The first kappa shape index (κ1) is 16.9. The van der Waals surface area contributed by atoms with Gasteiger partial charge in [-0.15, -0.1) is 0 Å². The molecule has 1 aromatic carbocycles. The van der Waals surface area contributed by atoms with Crippen LogP contribution in [0.4, 0.5) is 8.78 Å². The Bertz CT molecular complexity index is 375. The Hall–Kier alpha value is -1.20. The van der Waals surface area contributed by atoms with Crippen molar-refractivity contribution >= 4 is 0 Å². The van der Waals surface area contributed by atoms with E-state index in [-0.39, 0.29) is 11.8 Å². The second-order valence-corrected chi connectivity index (χ2v) is 4.59. The number of unbranched alkanes of at least 4 members (excludes halogenated alkanes) is 1.